The average molecular weight is 387 g/mol. The van der Waals surface area contributed by atoms with Crippen LogP contribution in [0.4, 0.5) is 5.69 Å². The van der Waals surface area contributed by atoms with Crippen molar-refractivity contribution in [3.05, 3.63) is 29.3 Å². The van der Waals surface area contributed by atoms with Crippen LogP contribution in [0.25, 0.3) is 0 Å². The number of anilines is 1. The summed E-state index contributed by atoms with van der Waals surface area (Å²) in [5.41, 5.74) is 3.39. The van der Waals surface area contributed by atoms with Gasteiger partial charge in [0.05, 0.1) is 0 Å². The topological polar surface area (TPSA) is 41.9 Å². The number of carbonyl (C=O) groups excluding carboxylic acids is 1. The van der Waals surface area contributed by atoms with Crippen LogP contribution in [-0.2, 0) is 9.53 Å². The molecule has 1 aliphatic carbocycles. The third kappa shape index (κ3) is 5.59. The number of benzene rings is 1. The van der Waals surface area contributed by atoms with E-state index in [0.29, 0.717) is 17.8 Å². The highest BCUT2D eigenvalue weighted by atomic mass is 16.5. The number of ether oxygens (including phenoxy) is 1. The first-order valence-corrected chi connectivity index (χ1v) is 10.8. The van der Waals surface area contributed by atoms with Gasteiger partial charge in [0.15, 0.2) is 0 Å². The minimum absolute atomic E-state index is 0.0286. The monoisotopic (exact) mass is 386 g/mol. The molecule has 3 atom stereocenters. The molecule has 1 saturated carbocycles. The molecule has 0 unspecified atom stereocenters. The van der Waals surface area contributed by atoms with Crippen molar-refractivity contribution in [1.82, 2.24) is 0 Å². The molecule has 4 heteroatoms. The summed E-state index contributed by atoms with van der Waals surface area (Å²) < 4.78 is 6.05. The zero-order valence-corrected chi connectivity index (χ0v) is 18.8. The van der Waals surface area contributed by atoms with Gasteiger partial charge in [-0.25, -0.2) is 0 Å². The van der Waals surface area contributed by atoms with Crippen LogP contribution >= 0.6 is 0 Å². The van der Waals surface area contributed by atoms with E-state index in [0.717, 1.165) is 36.3 Å². The molecule has 0 aromatic heterocycles. The van der Waals surface area contributed by atoms with E-state index in [9.17, 15) is 4.79 Å². The summed E-state index contributed by atoms with van der Waals surface area (Å²) in [6.07, 6.45) is 4.15. The molecule has 0 aliphatic heterocycles. The number of rotatable bonds is 6. The maximum atomic E-state index is 13.0. The molecule has 0 saturated heterocycles. The van der Waals surface area contributed by atoms with Gasteiger partial charge in [0.25, 0.3) is 0 Å². The lowest BCUT2D eigenvalue weighted by Gasteiger charge is -2.37. The van der Waals surface area contributed by atoms with E-state index in [4.69, 9.17) is 4.74 Å². The molecule has 0 spiro atoms. The second-order valence-electron chi connectivity index (χ2n) is 8.72. The van der Waals surface area contributed by atoms with Crippen molar-refractivity contribution in [2.24, 2.45) is 22.7 Å². The lowest BCUT2D eigenvalue weighted by molar-refractivity contribution is -0.154. The Kier molecular flexibility index (Phi) is 8.09. The Bertz CT molecular complexity index is 696. The summed E-state index contributed by atoms with van der Waals surface area (Å²) in [6.45, 7) is 13.2. The SMILES string of the molecule is CC/C(=N\C)N(CC(=O)O[C@@H]1C[C@H](C)CC[C@H]1C(C)C)c1ccc(C)cc1C. The van der Waals surface area contributed by atoms with Crippen molar-refractivity contribution >= 4 is 17.5 Å². The first-order valence-electron chi connectivity index (χ1n) is 10.8. The summed E-state index contributed by atoms with van der Waals surface area (Å²) >= 11 is 0. The van der Waals surface area contributed by atoms with Crippen LogP contribution in [0.15, 0.2) is 23.2 Å². The zero-order chi connectivity index (χ0) is 20.8. The Hall–Kier alpha value is -1.84. The summed E-state index contributed by atoms with van der Waals surface area (Å²) in [5, 5.41) is 0. The van der Waals surface area contributed by atoms with E-state index in [-0.39, 0.29) is 18.6 Å². The predicted octanol–water partition coefficient (Wildman–Crippen LogP) is 5.55. The summed E-state index contributed by atoms with van der Waals surface area (Å²) in [7, 11) is 1.79. The molecule has 0 heterocycles. The fourth-order valence-corrected chi connectivity index (χ4v) is 4.48. The number of esters is 1. The Morgan fingerprint density at radius 3 is 2.57 bits per heavy atom. The van der Waals surface area contributed by atoms with Crippen molar-refractivity contribution in [1.29, 1.82) is 0 Å². The standard InChI is InChI=1S/C24H38N2O2/c1-8-23(25-7)26(21-12-10-17(4)13-19(21)6)15-24(27)28-22-14-18(5)9-11-20(22)16(2)3/h10,12-13,16,18,20,22H,8-9,11,14-15H2,1-7H3/b25-23+/t18-,20+,22-/m1/s1. The maximum Gasteiger partial charge on any atom is 0.326 e. The molecule has 0 radical (unpaired) electrons. The van der Waals surface area contributed by atoms with Crippen LogP contribution in [0.3, 0.4) is 0 Å². The van der Waals surface area contributed by atoms with Gasteiger partial charge in [-0.1, -0.05) is 51.8 Å². The van der Waals surface area contributed by atoms with Gasteiger partial charge in [-0.05, 0) is 56.1 Å². The van der Waals surface area contributed by atoms with E-state index in [1.165, 1.54) is 12.0 Å². The first kappa shape index (κ1) is 22.4. The maximum absolute atomic E-state index is 13.0. The first-order chi connectivity index (χ1) is 13.3. The van der Waals surface area contributed by atoms with E-state index in [2.05, 4.69) is 64.7 Å². The van der Waals surface area contributed by atoms with E-state index in [1.54, 1.807) is 7.05 Å². The van der Waals surface area contributed by atoms with Crippen molar-refractivity contribution in [2.45, 2.75) is 73.3 Å². The fraction of sp³-hybridized carbons (Fsp3) is 0.667. The van der Waals surface area contributed by atoms with Gasteiger partial charge in [-0.15, -0.1) is 0 Å². The van der Waals surface area contributed by atoms with E-state index >= 15 is 0 Å². The second kappa shape index (κ2) is 10.1. The molecule has 1 aromatic carbocycles. The normalized spacial score (nSPS) is 23.0. The Balaban J connectivity index is 2.20. The number of hydrogen-bond donors (Lipinski definition) is 0. The van der Waals surface area contributed by atoms with E-state index in [1.807, 2.05) is 4.90 Å². The van der Waals surface area contributed by atoms with Crippen LogP contribution in [0.5, 0.6) is 0 Å². The molecule has 0 bridgehead atoms. The molecule has 2 rings (SSSR count). The lowest BCUT2D eigenvalue weighted by atomic mass is 9.75. The van der Waals surface area contributed by atoms with Gasteiger partial charge >= 0.3 is 5.97 Å². The molecule has 0 amide bonds. The summed E-state index contributed by atoms with van der Waals surface area (Å²) in [4.78, 5) is 19.4. The smallest absolute Gasteiger partial charge is 0.326 e. The number of nitrogens with zero attached hydrogens (tertiary/aromatic N) is 2. The van der Waals surface area contributed by atoms with Crippen LogP contribution in [-0.4, -0.2) is 31.5 Å². The summed E-state index contributed by atoms with van der Waals surface area (Å²) in [5.74, 6) is 2.36. The molecule has 0 N–H and O–H groups in total. The number of amidine groups is 1. The number of aliphatic imine (C=N–C) groups is 1. The van der Waals surface area contributed by atoms with Gasteiger partial charge in [-0.3, -0.25) is 9.79 Å². The van der Waals surface area contributed by atoms with Gasteiger partial charge in [-0.2, -0.15) is 0 Å². The quantitative estimate of drug-likeness (QED) is 0.365. The number of hydrogen-bond acceptors (Lipinski definition) is 3. The molecule has 4 nitrogen and oxygen atoms in total. The molecule has 1 aliphatic rings. The third-order valence-electron chi connectivity index (χ3n) is 6.06. The Labute approximate surface area is 171 Å². The highest BCUT2D eigenvalue weighted by molar-refractivity contribution is 6.01. The molecular weight excluding hydrogens is 348 g/mol. The molecule has 1 fully saturated rings. The predicted molar refractivity (Wildman–Crippen MR) is 118 cm³/mol. The van der Waals surface area contributed by atoms with Crippen LogP contribution < -0.4 is 4.90 Å². The van der Waals surface area contributed by atoms with Crippen molar-refractivity contribution < 1.29 is 9.53 Å². The third-order valence-corrected chi connectivity index (χ3v) is 6.06. The number of aryl methyl sites for hydroxylation is 2. The van der Waals surface area contributed by atoms with Crippen molar-refractivity contribution in [2.75, 3.05) is 18.5 Å². The van der Waals surface area contributed by atoms with Gasteiger partial charge in [0, 0.05) is 19.2 Å². The largest absolute Gasteiger partial charge is 0.461 e. The van der Waals surface area contributed by atoms with Crippen LogP contribution in [0, 0.1) is 31.6 Å². The Morgan fingerprint density at radius 1 is 1.29 bits per heavy atom. The molecular formula is C24H38N2O2. The molecule has 28 heavy (non-hydrogen) atoms. The van der Waals surface area contributed by atoms with Crippen molar-refractivity contribution in [3.63, 3.8) is 0 Å². The van der Waals surface area contributed by atoms with Crippen molar-refractivity contribution in [3.8, 4) is 0 Å². The lowest BCUT2D eigenvalue weighted by Crippen LogP contribution is -2.41. The highest BCUT2D eigenvalue weighted by Crippen LogP contribution is 2.35. The van der Waals surface area contributed by atoms with E-state index < -0.39 is 0 Å². The zero-order valence-electron chi connectivity index (χ0n) is 18.8. The molecule has 1 aromatic rings. The van der Waals surface area contributed by atoms with Gasteiger partial charge in [0.2, 0.25) is 0 Å². The summed E-state index contributed by atoms with van der Waals surface area (Å²) in [6, 6.07) is 6.31. The highest BCUT2D eigenvalue weighted by Gasteiger charge is 2.34. The number of carbonyl (C=O) groups is 1. The van der Waals surface area contributed by atoms with Gasteiger partial charge in [0.1, 0.15) is 18.5 Å². The fourth-order valence-electron chi connectivity index (χ4n) is 4.48. The Morgan fingerprint density at radius 2 is 2.00 bits per heavy atom. The molecule has 156 valence electrons. The van der Waals surface area contributed by atoms with Gasteiger partial charge < -0.3 is 9.64 Å². The average Bonchev–Trinajstić information content (AvgIpc) is 2.61. The second-order valence-corrected chi connectivity index (χ2v) is 8.72. The van der Waals surface area contributed by atoms with Crippen LogP contribution in [0.1, 0.15) is 64.5 Å². The van der Waals surface area contributed by atoms with Crippen LogP contribution in [0.2, 0.25) is 0 Å². The minimum Gasteiger partial charge on any atom is -0.461 e. The minimum atomic E-state index is -0.153.